The molecule has 0 unspecified atom stereocenters. The fourth-order valence-corrected chi connectivity index (χ4v) is 6.35. The minimum Gasteiger partial charge on any atom is -0.453 e. The topological polar surface area (TPSA) is 31.0 Å². The maximum atomic E-state index is 6.73. The van der Waals surface area contributed by atoms with Crippen molar-refractivity contribution in [3.63, 3.8) is 0 Å². The van der Waals surface area contributed by atoms with Crippen LogP contribution in [0.3, 0.4) is 0 Å². The molecule has 0 N–H and O–H groups in total. The second-order valence-electron chi connectivity index (χ2n) is 8.40. The average molecular weight is 441 g/mol. The van der Waals surface area contributed by atoms with E-state index in [1.807, 2.05) is 23.6 Å². The predicted molar refractivity (Wildman–Crippen MR) is 139 cm³/mol. The van der Waals surface area contributed by atoms with Gasteiger partial charge in [0, 0.05) is 36.6 Å². The Morgan fingerprint density at radius 2 is 1.39 bits per heavy atom. The van der Waals surface area contributed by atoms with Crippen LogP contribution in [0.25, 0.3) is 69.7 Å². The lowest BCUT2D eigenvalue weighted by Crippen LogP contribution is -1.93. The third kappa shape index (κ3) is 2.21. The highest BCUT2D eigenvalue weighted by Gasteiger charge is 2.21. The smallest absolute Gasteiger partial charge is 0.163 e. The molecule has 0 aliphatic carbocycles. The monoisotopic (exact) mass is 440 g/mol. The van der Waals surface area contributed by atoms with Crippen LogP contribution >= 0.6 is 11.3 Å². The zero-order valence-electron chi connectivity index (χ0n) is 17.4. The van der Waals surface area contributed by atoms with E-state index in [0.29, 0.717) is 0 Å². The molecule has 0 aliphatic heterocycles. The van der Waals surface area contributed by atoms with Gasteiger partial charge in [-0.25, -0.2) is 4.98 Å². The van der Waals surface area contributed by atoms with Gasteiger partial charge in [-0.1, -0.05) is 54.6 Å². The second kappa shape index (κ2) is 6.21. The number of hydrogen-bond donors (Lipinski definition) is 0. The third-order valence-corrected chi connectivity index (χ3v) is 7.77. The molecule has 4 heteroatoms. The minimum absolute atomic E-state index is 0.858. The molecule has 154 valence electrons. The molecule has 0 spiro atoms. The van der Waals surface area contributed by atoms with Crippen molar-refractivity contribution < 1.29 is 4.42 Å². The van der Waals surface area contributed by atoms with Crippen LogP contribution in [0, 0.1) is 0 Å². The van der Waals surface area contributed by atoms with Gasteiger partial charge < -0.3 is 8.98 Å². The Kier molecular flexibility index (Phi) is 3.28. The molecule has 0 bridgehead atoms. The zero-order chi connectivity index (χ0) is 21.5. The quantitative estimate of drug-likeness (QED) is 0.256. The van der Waals surface area contributed by atoms with Gasteiger partial charge in [-0.2, -0.15) is 0 Å². The Hall–Kier alpha value is -4.15. The van der Waals surface area contributed by atoms with E-state index in [2.05, 4.69) is 89.5 Å². The summed E-state index contributed by atoms with van der Waals surface area (Å²) >= 11 is 1.81. The molecular formula is C29H16N2OS. The maximum absolute atomic E-state index is 6.73. The Morgan fingerprint density at radius 3 is 2.30 bits per heavy atom. The van der Waals surface area contributed by atoms with Gasteiger partial charge in [0.25, 0.3) is 0 Å². The minimum atomic E-state index is 0.858. The number of benzene rings is 4. The lowest BCUT2D eigenvalue weighted by molar-refractivity contribution is 0.676. The molecule has 0 aliphatic rings. The molecular weight excluding hydrogens is 424 g/mol. The summed E-state index contributed by atoms with van der Waals surface area (Å²) in [6.45, 7) is 0. The number of furan rings is 1. The first-order chi connectivity index (χ1) is 16.4. The molecule has 4 heterocycles. The molecule has 8 rings (SSSR count). The highest BCUT2D eigenvalue weighted by atomic mass is 32.1. The molecule has 0 amide bonds. The van der Waals surface area contributed by atoms with E-state index in [-0.39, 0.29) is 0 Å². The van der Waals surface area contributed by atoms with Gasteiger partial charge >= 0.3 is 0 Å². The predicted octanol–water partition coefficient (Wildman–Crippen LogP) is 8.45. The standard InChI is InChI=1S/C29H16N2OS/c1-2-8-17(9-3-1)31-21-12-6-4-10-18(21)25-22(31)16-30-27-20-14-15-24-26(28(20)32-29(25)27)19-11-5-7-13-23(19)33-24/h1-16H. The lowest BCUT2D eigenvalue weighted by Gasteiger charge is -2.06. The van der Waals surface area contributed by atoms with Gasteiger partial charge in [0.15, 0.2) is 5.58 Å². The summed E-state index contributed by atoms with van der Waals surface area (Å²) in [5, 5.41) is 5.79. The number of aromatic nitrogens is 2. The second-order valence-corrected chi connectivity index (χ2v) is 9.48. The van der Waals surface area contributed by atoms with Crippen LogP contribution in [0.2, 0.25) is 0 Å². The number of pyridine rings is 1. The van der Waals surface area contributed by atoms with Crippen molar-refractivity contribution >= 4 is 75.4 Å². The Balaban J connectivity index is 1.60. The fraction of sp³-hybridized carbons (Fsp3) is 0. The van der Waals surface area contributed by atoms with Crippen molar-refractivity contribution in [3.8, 4) is 5.69 Å². The Morgan fingerprint density at radius 1 is 0.606 bits per heavy atom. The van der Waals surface area contributed by atoms with Gasteiger partial charge in [-0.05, 0) is 36.4 Å². The third-order valence-electron chi connectivity index (χ3n) is 6.64. The molecule has 0 saturated heterocycles. The van der Waals surface area contributed by atoms with Crippen molar-refractivity contribution in [1.82, 2.24) is 9.55 Å². The van der Waals surface area contributed by atoms with Crippen molar-refractivity contribution in [1.29, 1.82) is 0 Å². The number of fused-ring (bicyclic) bond motifs is 11. The van der Waals surface area contributed by atoms with Crippen LogP contribution in [-0.4, -0.2) is 9.55 Å². The van der Waals surface area contributed by atoms with Crippen LogP contribution in [0.4, 0.5) is 0 Å². The molecule has 4 aromatic heterocycles. The fourth-order valence-electron chi connectivity index (χ4n) is 5.25. The van der Waals surface area contributed by atoms with E-state index >= 15 is 0 Å². The van der Waals surface area contributed by atoms with E-state index in [0.717, 1.165) is 44.2 Å². The van der Waals surface area contributed by atoms with E-state index < -0.39 is 0 Å². The molecule has 0 radical (unpaired) electrons. The van der Waals surface area contributed by atoms with Gasteiger partial charge in [0.2, 0.25) is 0 Å². The van der Waals surface area contributed by atoms with E-state index in [1.54, 1.807) is 0 Å². The molecule has 0 fully saturated rings. The number of nitrogens with zero attached hydrogens (tertiary/aromatic N) is 2. The number of hydrogen-bond acceptors (Lipinski definition) is 3. The summed E-state index contributed by atoms with van der Waals surface area (Å²) in [6, 6.07) is 31.9. The van der Waals surface area contributed by atoms with Gasteiger partial charge in [-0.15, -0.1) is 11.3 Å². The maximum Gasteiger partial charge on any atom is 0.163 e. The van der Waals surface area contributed by atoms with Gasteiger partial charge in [-0.3, -0.25) is 0 Å². The summed E-state index contributed by atoms with van der Waals surface area (Å²) in [7, 11) is 0. The van der Waals surface area contributed by atoms with Crippen LogP contribution in [0.5, 0.6) is 0 Å². The van der Waals surface area contributed by atoms with Gasteiger partial charge in [0.1, 0.15) is 11.1 Å². The summed E-state index contributed by atoms with van der Waals surface area (Å²) in [6.07, 6.45) is 2.00. The SMILES string of the molecule is c1ccc(-n2c3ccccc3c3c4oc5c(ccc6sc7ccccc7c65)c4ncc32)cc1. The largest absolute Gasteiger partial charge is 0.453 e. The highest BCUT2D eigenvalue weighted by molar-refractivity contribution is 7.26. The highest BCUT2D eigenvalue weighted by Crippen LogP contribution is 2.44. The first kappa shape index (κ1) is 17.4. The van der Waals surface area contributed by atoms with Crippen LogP contribution in [0.15, 0.2) is 102 Å². The molecule has 0 atom stereocenters. The molecule has 4 aromatic carbocycles. The lowest BCUT2D eigenvalue weighted by atomic mass is 10.1. The van der Waals surface area contributed by atoms with Crippen LogP contribution in [-0.2, 0) is 0 Å². The summed E-state index contributed by atoms with van der Waals surface area (Å²) < 4.78 is 11.5. The zero-order valence-corrected chi connectivity index (χ0v) is 18.3. The first-order valence-corrected chi connectivity index (χ1v) is 11.8. The first-order valence-electron chi connectivity index (χ1n) is 11.0. The average Bonchev–Trinajstić information content (AvgIpc) is 3.53. The molecule has 8 aromatic rings. The van der Waals surface area contributed by atoms with E-state index in [9.17, 15) is 0 Å². The van der Waals surface area contributed by atoms with Gasteiger partial charge in [0.05, 0.1) is 22.6 Å². The number of para-hydroxylation sites is 2. The molecule has 3 nitrogen and oxygen atoms in total. The summed E-state index contributed by atoms with van der Waals surface area (Å²) in [5.74, 6) is 0. The van der Waals surface area contributed by atoms with Crippen molar-refractivity contribution in [2.45, 2.75) is 0 Å². The van der Waals surface area contributed by atoms with Crippen LogP contribution in [0.1, 0.15) is 0 Å². The molecule has 33 heavy (non-hydrogen) atoms. The van der Waals surface area contributed by atoms with Crippen molar-refractivity contribution in [3.05, 3.63) is 97.2 Å². The van der Waals surface area contributed by atoms with E-state index in [1.165, 1.54) is 25.6 Å². The summed E-state index contributed by atoms with van der Waals surface area (Å²) in [4.78, 5) is 4.94. The Bertz CT molecular complexity index is 2030. The van der Waals surface area contributed by atoms with E-state index in [4.69, 9.17) is 9.40 Å². The Labute approximate surface area is 192 Å². The number of thiophene rings is 1. The number of rotatable bonds is 1. The van der Waals surface area contributed by atoms with Crippen molar-refractivity contribution in [2.75, 3.05) is 0 Å². The van der Waals surface area contributed by atoms with Crippen LogP contribution < -0.4 is 0 Å². The summed E-state index contributed by atoms with van der Waals surface area (Å²) in [5.41, 5.74) is 6.03. The molecule has 0 saturated carbocycles. The van der Waals surface area contributed by atoms with Crippen molar-refractivity contribution in [2.24, 2.45) is 0 Å². The normalized spacial score (nSPS) is 12.2.